The molecule has 23 heavy (non-hydrogen) atoms. The van der Waals surface area contributed by atoms with Crippen LogP contribution in [0.3, 0.4) is 0 Å². The topological polar surface area (TPSA) is 62.1 Å². The third kappa shape index (κ3) is 3.91. The molecule has 3 heterocycles. The summed E-state index contributed by atoms with van der Waals surface area (Å²) in [4.78, 5) is 19.1. The van der Waals surface area contributed by atoms with Crippen LogP contribution in [0.2, 0.25) is 0 Å². The SMILES string of the molecule is CC[C@H]1CN(C(=O)c2cc(CN3CCOCC3)on2)CCN1C. The predicted molar refractivity (Wildman–Crippen MR) is 85.2 cm³/mol. The summed E-state index contributed by atoms with van der Waals surface area (Å²) >= 11 is 0. The Bertz CT molecular complexity index is 527. The molecule has 2 aliphatic heterocycles. The summed E-state index contributed by atoms with van der Waals surface area (Å²) in [6, 6.07) is 2.21. The molecule has 3 rings (SSSR count). The maximum atomic E-state index is 12.6. The van der Waals surface area contributed by atoms with Crippen LogP contribution in [0.1, 0.15) is 29.6 Å². The molecule has 0 aliphatic carbocycles. The van der Waals surface area contributed by atoms with E-state index in [9.17, 15) is 4.79 Å². The van der Waals surface area contributed by atoms with Gasteiger partial charge in [0.2, 0.25) is 0 Å². The van der Waals surface area contributed by atoms with Crippen LogP contribution in [0.15, 0.2) is 10.6 Å². The van der Waals surface area contributed by atoms with Gasteiger partial charge in [0, 0.05) is 44.8 Å². The second-order valence-corrected chi connectivity index (χ2v) is 6.36. The van der Waals surface area contributed by atoms with Crippen LogP contribution in [0.25, 0.3) is 0 Å². The first-order valence-corrected chi connectivity index (χ1v) is 8.42. The number of likely N-dealkylation sites (N-methyl/N-ethyl adjacent to an activating group) is 1. The molecule has 1 atom stereocenters. The molecule has 1 aromatic rings. The number of morpholine rings is 1. The van der Waals surface area contributed by atoms with Crippen LogP contribution in [0.4, 0.5) is 0 Å². The average Bonchev–Trinajstić information content (AvgIpc) is 3.04. The number of hydrogen-bond donors (Lipinski definition) is 0. The van der Waals surface area contributed by atoms with Crippen LogP contribution in [-0.2, 0) is 11.3 Å². The van der Waals surface area contributed by atoms with Gasteiger partial charge in [0.15, 0.2) is 11.5 Å². The standard InChI is InChI=1S/C16H26N4O3/c1-3-13-11-20(5-4-18(13)2)16(21)15-10-14(23-17-15)12-19-6-8-22-9-7-19/h10,13H,3-9,11-12H2,1-2H3/t13-/m0/s1. The lowest BCUT2D eigenvalue weighted by Crippen LogP contribution is -2.53. The van der Waals surface area contributed by atoms with E-state index in [1.165, 1.54) is 0 Å². The van der Waals surface area contributed by atoms with Crippen molar-refractivity contribution in [3.8, 4) is 0 Å². The molecular weight excluding hydrogens is 296 g/mol. The molecule has 128 valence electrons. The number of ether oxygens (including phenoxy) is 1. The summed E-state index contributed by atoms with van der Waals surface area (Å²) in [6.07, 6.45) is 1.04. The highest BCUT2D eigenvalue weighted by Gasteiger charge is 2.28. The Balaban J connectivity index is 1.59. The largest absolute Gasteiger partial charge is 0.379 e. The van der Waals surface area contributed by atoms with Crippen molar-refractivity contribution in [1.82, 2.24) is 19.9 Å². The Morgan fingerprint density at radius 3 is 2.83 bits per heavy atom. The lowest BCUT2D eigenvalue weighted by Gasteiger charge is -2.38. The first kappa shape index (κ1) is 16.4. The van der Waals surface area contributed by atoms with E-state index in [1.807, 2.05) is 4.90 Å². The van der Waals surface area contributed by atoms with Crippen molar-refractivity contribution >= 4 is 5.91 Å². The van der Waals surface area contributed by atoms with Gasteiger partial charge in [-0.25, -0.2) is 0 Å². The highest BCUT2D eigenvalue weighted by atomic mass is 16.5. The van der Waals surface area contributed by atoms with Gasteiger partial charge in [-0.15, -0.1) is 0 Å². The molecule has 0 radical (unpaired) electrons. The Morgan fingerprint density at radius 2 is 2.09 bits per heavy atom. The van der Waals surface area contributed by atoms with Gasteiger partial charge in [-0.2, -0.15) is 0 Å². The zero-order valence-corrected chi connectivity index (χ0v) is 14.0. The summed E-state index contributed by atoms with van der Waals surface area (Å²) in [5.41, 5.74) is 0.424. The summed E-state index contributed by atoms with van der Waals surface area (Å²) in [6.45, 7) is 8.54. The van der Waals surface area contributed by atoms with Gasteiger partial charge in [0.05, 0.1) is 19.8 Å². The predicted octanol–water partition coefficient (Wildman–Crippen LogP) is 0.673. The molecule has 2 aliphatic rings. The molecular formula is C16H26N4O3. The number of carbonyl (C=O) groups excluding carboxylic acids is 1. The third-order valence-corrected chi connectivity index (χ3v) is 4.80. The number of piperazine rings is 1. The molecule has 0 spiro atoms. The van der Waals surface area contributed by atoms with Crippen molar-refractivity contribution in [3.05, 3.63) is 17.5 Å². The Hall–Kier alpha value is -1.44. The number of rotatable bonds is 4. The maximum absolute atomic E-state index is 12.6. The fraction of sp³-hybridized carbons (Fsp3) is 0.750. The molecule has 1 aromatic heterocycles. The van der Waals surface area contributed by atoms with Crippen molar-refractivity contribution in [2.45, 2.75) is 25.9 Å². The van der Waals surface area contributed by atoms with E-state index in [2.05, 4.69) is 28.9 Å². The van der Waals surface area contributed by atoms with Gasteiger partial charge in [-0.1, -0.05) is 12.1 Å². The number of nitrogens with zero attached hydrogens (tertiary/aromatic N) is 4. The second-order valence-electron chi connectivity index (χ2n) is 6.36. The molecule has 2 saturated heterocycles. The number of carbonyl (C=O) groups is 1. The first-order valence-electron chi connectivity index (χ1n) is 8.42. The average molecular weight is 322 g/mol. The zero-order chi connectivity index (χ0) is 16.2. The van der Waals surface area contributed by atoms with Gasteiger partial charge in [0.25, 0.3) is 5.91 Å². The summed E-state index contributed by atoms with van der Waals surface area (Å²) < 4.78 is 10.7. The summed E-state index contributed by atoms with van der Waals surface area (Å²) in [5.74, 6) is 0.727. The molecule has 7 nitrogen and oxygen atoms in total. The monoisotopic (exact) mass is 322 g/mol. The van der Waals surface area contributed by atoms with Gasteiger partial charge in [-0.3, -0.25) is 14.6 Å². The fourth-order valence-electron chi connectivity index (χ4n) is 3.20. The molecule has 0 N–H and O–H groups in total. The van der Waals surface area contributed by atoms with Crippen molar-refractivity contribution in [2.24, 2.45) is 0 Å². The molecule has 0 unspecified atom stereocenters. The van der Waals surface area contributed by atoms with E-state index in [0.29, 0.717) is 18.3 Å². The molecule has 0 aromatic carbocycles. The molecule has 2 fully saturated rings. The van der Waals surface area contributed by atoms with E-state index in [-0.39, 0.29) is 5.91 Å². The van der Waals surface area contributed by atoms with Gasteiger partial charge in [-0.05, 0) is 13.5 Å². The smallest absolute Gasteiger partial charge is 0.276 e. The summed E-state index contributed by atoms with van der Waals surface area (Å²) in [7, 11) is 2.12. The normalized spacial score (nSPS) is 24.1. The Labute approximate surface area is 137 Å². The van der Waals surface area contributed by atoms with Crippen molar-refractivity contribution in [3.63, 3.8) is 0 Å². The van der Waals surface area contributed by atoms with Gasteiger partial charge >= 0.3 is 0 Å². The molecule has 0 bridgehead atoms. The number of hydrogen-bond acceptors (Lipinski definition) is 6. The van der Waals surface area contributed by atoms with Crippen molar-refractivity contribution < 1.29 is 14.1 Å². The van der Waals surface area contributed by atoms with Crippen LogP contribution in [0, 0.1) is 0 Å². The maximum Gasteiger partial charge on any atom is 0.276 e. The van der Waals surface area contributed by atoms with Crippen LogP contribution >= 0.6 is 0 Å². The lowest BCUT2D eigenvalue weighted by atomic mass is 10.1. The van der Waals surface area contributed by atoms with E-state index in [0.717, 1.165) is 58.1 Å². The Kier molecular flexibility index (Phi) is 5.30. The third-order valence-electron chi connectivity index (χ3n) is 4.80. The van der Waals surface area contributed by atoms with E-state index >= 15 is 0 Å². The minimum absolute atomic E-state index is 0.0199. The second kappa shape index (κ2) is 7.42. The van der Waals surface area contributed by atoms with Gasteiger partial charge in [0.1, 0.15) is 0 Å². The minimum atomic E-state index is -0.0199. The fourth-order valence-corrected chi connectivity index (χ4v) is 3.20. The quantitative estimate of drug-likeness (QED) is 0.812. The van der Waals surface area contributed by atoms with Crippen molar-refractivity contribution in [1.29, 1.82) is 0 Å². The van der Waals surface area contributed by atoms with E-state index in [4.69, 9.17) is 9.26 Å². The lowest BCUT2D eigenvalue weighted by molar-refractivity contribution is 0.0305. The van der Waals surface area contributed by atoms with Crippen molar-refractivity contribution in [2.75, 3.05) is 53.0 Å². The van der Waals surface area contributed by atoms with E-state index < -0.39 is 0 Å². The number of aromatic nitrogens is 1. The van der Waals surface area contributed by atoms with Gasteiger partial charge < -0.3 is 14.2 Å². The van der Waals surface area contributed by atoms with Crippen LogP contribution < -0.4 is 0 Å². The van der Waals surface area contributed by atoms with Crippen LogP contribution in [0.5, 0.6) is 0 Å². The van der Waals surface area contributed by atoms with E-state index in [1.54, 1.807) is 6.07 Å². The number of amides is 1. The minimum Gasteiger partial charge on any atom is -0.379 e. The highest BCUT2D eigenvalue weighted by Crippen LogP contribution is 2.15. The summed E-state index contributed by atoms with van der Waals surface area (Å²) in [5, 5.41) is 3.99. The first-order chi connectivity index (χ1) is 11.2. The van der Waals surface area contributed by atoms with Crippen LogP contribution in [-0.4, -0.2) is 84.8 Å². The molecule has 7 heteroatoms. The highest BCUT2D eigenvalue weighted by molar-refractivity contribution is 5.92. The zero-order valence-electron chi connectivity index (χ0n) is 14.0. The molecule has 1 amide bonds. The Morgan fingerprint density at radius 1 is 1.30 bits per heavy atom. The molecule has 0 saturated carbocycles.